The molecule has 25 heavy (non-hydrogen) atoms. The van der Waals surface area contributed by atoms with Crippen molar-refractivity contribution in [3.05, 3.63) is 71.4 Å². The second-order valence-corrected chi connectivity index (χ2v) is 6.25. The molecule has 0 fully saturated rings. The molecule has 0 bridgehead atoms. The highest BCUT2D eigenvalue weighted by atomic mass is 16.4. The van der Waals surface area contributed by atoms with Crippen molar-refractivity contribution in [1.29, 1.82) is 5.41 Å². The molecule has 0 unspecified atom stereocenters. The van der Waals surface area contributed by atoms with Gasteiger partial charge in [-0.25, -0.2) is 4.79 Å². The molecule has 0 amide bonds. The van der Waals surface area contributed by atoms with Crippen molar-refractivity contribution in [2.75, 3.05) is 0 Å². The van der Waals surface area contributed by atoms with Crippen LogP contribution in [0.5, 0.6) is 0 Å². The van der Waals surface area contributed by atoms with Gasteiger partial charge in [-0.2, -0.15) is 0 Å². The minimum atomic E-state index is -0.929. The maximum absolute atomic E-state index is 11.3. The number of carboxylic acids is 1. The number of nitrogens with one attached hydrogen (secondary N) is 1. The van der Waals surface area contributed by atoms with E-state index < -0.39 is 5.97 Å². The first kappa shape index (κ1) is 15.4. The lowest BCUT2D eigenvalue weighted by Crippen LogP contribution is -2.10. The van der Waals surface area contributed by atoms with Gasteiger partial charge in [-0.05, 0) is 47.7 Å². The Labute approximate surface area is 145 Å². The number of hydrogen-bond acceptors (Lipinski definition) is 2. The molecule has 0 atom stereocenters. The van der Waals surface area contributed by atoms with Crippen LogP contribution in [0.15, 0.2) is 54.6 Å². The van der Waals surface area contributed by atoms with E-state index in [0.29, 0.717) is 6.54 Å². The van der Waals surface area contributed by atoms with Crippen molar-refractivity contribution < 1.29 is 9.90 Å². The van der Waals surface area contributed by atoms with E-state index in [1.54, 1.807) is 18.2 Å². The minimum Gasteiger partial charge on any atom is -0.478 e. The summed E-state index contributed by atoms with van der Waals surface area (Å²) >= 11 is 0. The topological polar surface area (TPSA) is 66.1 Å². The highest BCUT2D eigenvalue weighted by molar-refractivity contribution is 5.90. The normalized spacial score (nSPS) is 12.3. The summed E-state index contributed by atoms with van der Waals surface area (Å²) in [6.07, 6.45) is 3.31. The maximum Gasteiger partial charge on any atom is 0.335 e. The van der Waals surface area contributed by atoms with Crippen LogP contribution in [0.2, 0.25) is 0 Å². The number of hydrogen-bond donors (Lipinski definition) is 2. The molecule has 0 saturated heterocycles. The number of aromatic nitrogens is 1. The summed E-state index contributed by atoms with van der Waals surface area (Å²) < 4.78 is 2.14. The standard InChI is InChI=1S/C21H18N2O2/c22-10-11-23-19-9-8-14-4-1-2-7-17(14)18(19)13-20(23)15-5-3-6-16(12-15)21(24)25/h1-7,10,12-13,22H,8-9,11H2,(H,24,25). The smallest absolute Gasteiger partial charge is 0.335 e. The average molecular weight is 330 g/mol. The van der Waals surface area contributed by atoms with Crippen molar-refractivity contribution in [2.24, 2.45) is 0 Å². The van der Waals surface area contributed by atoms with Gasteiger partial charge in [-0.3, -0.25) is 0 Å². The van der Waals surface area contributed by atoms with Gasteiger partial charge in [0.25, 0.3) is 0 Å². The summed E-state index contributed by atoms with van der Waals surface area (Å²) in [5, 5.41) is 16.8. The molecular weight excluding hydrogens is 312 g/mol. The first-order chi connectivity index (χ1) is 12.2. The maximum atomic E-state index is 11.3. The quantitative estimate of drug-likeness (QED) is 0.702. The van der Waals surface area contributed by atoms with Crippen LogP contribution in [0.1, 0.15) is 21.6 Å². The van der Waals surface area contributed by atoms with E-state index >= 15 is 0 Å². The van der Waals surface area contributed by atoms with Crippen LogP contribution < -0.4 is 0 Å². The predicted molar refractivity (Wildman–Crippen MR) is 98.5 cm³/mol. The number of fused-ring (bicyclic) bond motifs is 3. The van der Waals surface area contributed by atoms with Gasteiger partial charge in [0.2, 0.25) is 0 Å². The number of aromatic carboxylic acids is 1. The highest BCUT2D eigenvalue weighted by Gasteiger charge is 2.22. The lowest BCUT2D eigenvalue weighted by molar-refractivity contribution is 0.0697. The summed E-state index contributed by atoms with van der Waals surface area (Å²) in [5.74, 6) is -0.929. The number of nitrogens with zero attached hydrogens (tertiary/aromatic N) is 1. The van der Waals surface area contributed by atoms with Gasteiger partial charge in [0.05, 0.1) is 12.1 Å². The summed E-state index contributed by atoms with van der Waals surface area (Å²) in [5.41, 5.74) is 7.11. The number of carbonyl (C=O) groups is 1. The van der Waals surface area contributed by atoms with E-state index in [9.17, 15) is 9.90 Å². The van der Waals surface area contributed by atoms with Crippen LogP contribution in [-0.4, -0.2) is 21.9 Å². The minimum absolute atomic E-state index is 0.276. The summed E-state index contributed by atoms with van der Waals surface area (Å²) in [7, 11) is 0. The average Bonchev–Trinajstić information content (AvgIpc) is 3.01. The molecule has 0 spiro atoms. The molecule has 3 aromatic rings. The fourth-order valence-electron chi connectivity index (χ4n) is 3.70. The Bertz CT molecular complexity index is 985. The number of carboxylic acid groups (broad SMARTS) is 1. The number of rotatable bonds is 4. The highest BCUT2D eigenvalue weighted by Crippen LogP contribution is 2.38. The first-order valence-electron chi connectivity index (χ1n) is 8.32. The van der Waals surface area contributed by atoms with Crippen LogP contribution in [-0.2, 0) is 19.4 Å². The van der Waals surface area contributed by atoms with E-state index in [4.69, 9.17) is 5.41 Å². The summed E-state index contributed by atoms with van der Waals surface area (Å²) in [6, 6.07) is 17.6. The summed E-state index contributed by atoms with van der Waals surface area (Å²) in [4.78, 5) is 11.3. The molecule has 1 heterocycles. The van der Waals surface area contributed by atoms with Crippen LogP contribution in [0.4, 0.5) is 0 Å². The number of benzene rings is 2. The Kier molecular flexibility index (Phi) is 3.73. The molecule has 2 aromatic carbocycles. The van der Waals surface area contributed by atoms with E-state index in [1.165, 1.54) is 28.6 Å². The summed E-state index contributed by atoms with van der Waals surface area (Å²) in [6.45, 7) is 0.490. The van der Waals surface area contributed by atoms with Gasteiger partial charge in [-0.15, -0.1) is 0 Å². The molecular formula is C21H18N2O2. The molecule has 2 N–H and O–H groups in total. The third-order valence-corrected chi connectivity index (χ3v) is 4.83. The SMILES string of the molecule is N=CCn1c(-c2cccc(C(=O)O)c2)cc2c1CCc1ccccc1-2. The van der Waals surface area contributed by atoms with E-state index in [0.717, 1.165) is 24.1 Å². The Balaban J connectivity index is 1.93. The Morgan fingerprint density at radius 2 is 1.92 bits per heavy atom. The Morgan fingerprint density at radius 1 is 1.08 bits per heavy atom. The second kappa shape index (κ2) is 6.06. The molecule has 4 nitrogen and oxygen atoms in total. The van der Waals surface area contributed by atoms with Crippen LogP contribution in [0, 0.1) is 5.41 Å². The zero-order valence-corrected chi connectivity index (χ0v) is 13.7. The monoisotopic (exact) mass is 330 g/mol. The molecule has 0 aliphatic heterocycles. The molecule has 0 radical (unpaired) electrons. The van der Waals surface area contributed by atoms with Gasteiger partial charge in [-0.1, -0.05) is 36.4 Å². The molecule has 1 aliphatic rings. The molecule has 124 valence electrons. The van der Waals surface area contributed by atoms with Crippen molar-refractivity contribution in [3.63, 3.8) is 0 Å². The molecule has 4 rings (SSSR count). The predicted octanol–water partition coefficient (Wildman–Crippen LogP) is 4.27. The van der Waals surface area contributed by atoms with Gasteiger partial charge < -0.3 is 15.1 Å². The molecule has 1 aliphatic carbocycles. The fraction of sp³-hybridized carbons (Fsp3) is 0.143. The van der Waals surface area contributed by atoms with Gasteiger partial charge >= 0.3 is 5.97 Å². The lowest BCUT2D eigenvalue weighted by atomic mass is 9.90. The third kappa shape index (κ3) is 2.56. The zero-order valence-electron chi connectivity index (χ0n) is 13.7. The molecule has 0 saturated carbocycles. The molecule has 1 aromatic heterocycles. The van der Waals surface area contributed by atoms with Crippen molar-refractivity contribution in [1.82, 2.24) is 4.57 Å². The van der Waals surface area contributed by atoms with Crippen LogP contribution in [0.3, 0.4) is 0 Å². The van der Waals surface area contributed by atoms with Crippen molar-refractivity contribution in [3.8, 4) is 22.4 Å². The zero-order chi connectivity index (χ0) is 17.4. The second-order valence-electron chi connectivity index (χ2n) is 6.25. The fourth-order valence-corrected chi connectivity index (χ4v) is 3.70. The van der Waals surface area contributed by atoms with Gasteiger partial charge in [0.15, 0.2) is 0 Å². The van der Waals surface area contributed by atoms with E-state index in [1.807, 2.05) is 12.1 Å². The first-order valence-corrected chi connectivity index (χ1v) is 8.32. The molecule has 4 heteroatoms. The number of aryl methyl sites for hydroxylation is 1. The van der Waals surface area contributed by atoms with Crippen LogP contribution >= 0.6 is 0 Å². The van der Waals surface area contributed by atoms with E-state index in [-0.39, 0.29) is 5.56 Å². The third-order valence-electron chi connectivity index (χ3n) is 4.83. The Morgan fingerprint density at radius 3 is 2.72 bits per heavy atom. The van der Waals surface area contributed by atoms with Crippen LogP contribution in [0.25, 0.3) is 22.4 Å². The lowest BCUT2D eigenvalue weighted by Gasteiger charge is -2.19. The largest absolute Gasteiger partial charge is 0.478 e. The Hall–Kier alpha value is -3.14. The van der Waals surface area contributed by atoms with E-state index in [2.05, 4.69) is 28.8 Å². The van der Waals surface area contributed by atoms with Crippen molar-refractivity contribution in [2.45, 2.75) is 19.4 Å². The van der Waals surface area contributed by atoms with Gasteiger partial charge in [0, 0.05) is 23.2 Å². The van der Waals surface area contributed by atoms with Crippen molar-refractivity contribution >= 4 is 12.2 Å². The van der Waals surface area contributed by atoms with Gasteiger partial charge in [0.1, 0.15) is 0 Å².